The molecule has 0 saturated heterocycles. The third kappa shape index (κ3) is 4.31. The van der Waals surface area contributed by atoms with Crippen LogP contribution in [0.1, 0.15) is 31.2 Å². The Bertz CT molecular complexity index is 350. The van der Waals surface area contributed by atoms with Gasteiger partial charge in [0, 0.05) is 21.9 Å². The van der Waals surface area contributed by atoms with Crippen molar-refractivity contribution in [3.63, 3.8) is 0 Å². The topological polar surface area (TPSA) is 20.2 Å². The van der Waals surface area contributed by atoms with Crippen molar-refractivity contribution in [2.45, 2.75) is 43.5 Å². The molecule has 0 radical (unpaired) electrons. The van der Waals surface area contributed by atoms with Crippen LogP contribution in [0.25, 0.3) is 0 Å². The van der Waals surface area contributed by atoms with Gasteiger partial charge in [0.2, 0.25) is 0 Å². The smallest absolute Gasteiger partial charge is 0.0671 e. The molecule has 3 heteroatoms. The first kappa shape index (κ1) is 13.4. The molecule has 1 unspecified atom stereocenters. The summed E-state index contributed by atoms with van der Waals surface area (Å²) in [5.74, 6) is 0.867. The van der Waals surface area contributed by atoms with Gasteiger partial charge in [0.05, 0.1) is 6.10 Å². The fourth-order valence-electron chi connectivity index (χ4n) is 2.28. The van der Waals surface area contributed by atoms with E-state index in [0.29, 0.717) is 0 Å². The average molecular weight is 315 g/mol. The Morgan fingerprint density at radius 2 is 2.00 bits per heavy atom. The Morgan fingerprint density at radius 1 is 1.29 bits per heavy atom. The molecule has 0 amide bonds. The molecule has 1 saturated carbocycles. The van der Waals surface area contributed by atoms with E-state index in [1.165, 1.54) is 31.2 Å². The van der Waals surface area contributed by atoms with Crippen LogP contribution in [0.4, 0.5) is 0 Å². The van der Waals surface area contributed by atoms with Gasteiger partial charge < -0.3 is 5.11 Å². The zero-order chi connectivity index (χ0) is 12.1. The summed E-state index contributed by atoms with van der Waals surface area (Å²) in [5.41, 5.74) is 1.20. The zero-order valence-corrected chi connectivity index (χ0v) is 12.3. The number of aliphatic hydroxyl groups is 1. The second kappa shape index (κ2) is 6.81. The number of hydrogen-bond acceptors (Lipinski definition) is 2. The third-order valence-corrected chi connectivity index (χ3v) is 5.53. The number of rotatable bonds is 5. The fraction of sp³-hybridized carbons (Fsp3) is 0.571. The third-order valence-electron chi connectivity index (χ3n) is 3.24. The van der Waals surface area contributed by atoms with E-state index in [1.54, 1.807) is 0 Å². The van der Waals surface area contributed by atoms with E-state index in [4.69, 9.17) is 0 Å². The van der Waals surface area contributed by atoms with Crippen LogP contribution in [0.5, 0.6) is 0 Å². The summed E-state index contributed by atoms with van der Waals surface area (Å²) < 4.78 is 1.10. The molecule has 1 aromatic carbocycles. The molecule has 1 N–H and O–H groups in total. The minimum absolute atomic E-state index is 0.223. The lowest BCUT2D eigenvalue weighted by molar-refractivity contribution is 0.200. The monoisotopic (exact) mass is 314 g/mol. The fourth-order valence-corrected chi connectivity index (χ4v) is 4.00. The molecule has 1 nitrogen and oxygen atoms in total. The van der Waals surface area contributed by atoms with Gasteiger partial charge in [-0.05, 0) is 24.5 Å². The Balaban J connectivity index is 1.76. The minimum Gasteiger partial charge on any atom is -0.392 e. The summed E-state index contributed by atoms with van der Waals surface area (Å²) in [5, 5.41) is 10.8. The first-order chi connectivity index (χ1) is 8.25. The second-order valence-electron chi connectivity index (χ2n) is 4.69. The average Bonchev–Trinajstić information content (AvgIpc) is 2.82. The van der Waals surface area contributed by atoms with Crippen molar-refractivity contribution >= 4 is 27.7 Å². The molecule has 2 rings (SSSR count). The number of hydrogen-bond donors (Lipinski definition) is 1. The standard InChI is InChI=1S/C14H19BrOS/c15-14-8-4-1-5-11(14)9-12(16)10-17-13-6-2-3-7-13/h1,4-5,8,12-13,16H,2-3,6-7,9-10H2. The molecule has 0 aromatic heterocycles. The maximum absolute atomic E-state index is 10.0. The van der Waals surface area contributed by atoms with Gasteiger partial charge in [-0.2, -0.15) is 11.8 Å². The van der Waals surface area contributed by atoms with E-state index >= 15 is 0 Å². The predicted molar refractivity (Wildman–Crippen MR) is 78.6 cm³/mol. The number of aliphatic hydroxyl groups excluding tert-OH is 1. The lowest BCUT2D eigenvalue weighted by atomic mass is 10.1. The van der Waals surface area contributed by atoms with E-state index < -0.39 is 0 Å². The summed E-state index contributed by atoms with van der Waals surface area (Å²) >= 11 is 5.48. The van der Waals surface area contributed by atoms with Crippen molar-refractivity contribution in [2.75, 3.05) is 5.75 Å². The summed E-state index contributed by atoms with van der Waals surface area (Å²) in [6.07, 6.45) is 5.95. The summed E-state index contributed by atoms with van der Waals surface area (Å²) in [6, 6.07) is 8.14. The normalized spacial score (nSPS) is 18.5. The van der Waals surface area contributed by atoms with Crippen LogP contribution in [0.3, 0.4) is 0 Å². The quantitative estimate of drug-likeness (QED) is 0.885. The Labute approximate surface area is 116 Å². The summed E-state index contributed by atoms with van der Waals surface area (Å²) in [7, 11) is 0. The highest BCUT2D eigenvalue weighted by Crippen LogP contribution is 2.30. The number of halogens is 1. The van der Waals surface area contributed by atoms with Crippen molar-refractivity contribution < 1.29 is 5.11 Å². The van der Waals surface area contributed by atoms with Gasteiger partial charge in [-0.1, -0.05) is 47.0 Å². The van der Waals surface area contributed by atoms with Gasteiger partial charge in [-0.15, -0.1) is 0 Å². The van der Waals surface area contributed by atoms with E-state index in [-0.39, 0.29) is 6.10 Å². The van der Waals surface area contributed by atoms with E-state index in [2.05, 4.69) is 22.0 Å². The molecule has 0 aliphatic heterocycles. The van der Waals surface area contributed by atoms with Crippen LogP contribution in [0, 0.1) is 0 Å². The number of benzene rings is 1. The molecular formula is C14H19BrOS. The van der Waals surface area contributed by atoms with Crippen molar-refractivity contribution in [3.05, 3.63) is 34.3 Å². The van der Waals surface area contributed by atoms with E-state index in [9.17, 15) is 5.11 Å². The molecule has 0 spiro atoms. The lowest BCUT2D eigenvalue weighted by Crippen LogP contribution is -2.15. The van der Waals surface area contributed by atoms with E-state index in [1.807, 2.05) is 30.0 Å². The molecule has 17 heavy (non-hydrogen) atoms. The number of thioether (sulfide) groups is 1. The van der Waals surface area contributed by atoms with Crippen LogP contribution in [-0.2, 0) is 6.42 Å². The molecule has 1 aromatic rings. The maximum Gasteiger partial charge on any atom is 0.0671 e. The Morgan fingerprint density at radius 3 is 2.71 bits per heavy atom. The van der Waals surface area contributed by atoms with Crippen molar-refractivity contribution in [1.29, 1.82) is 0 Å². The molecular weight excluding hydrogens is 296 g/mol. The van der Waals surface area contributed by atoms with Crippen molar-refractivity contribution in [1.82, 2.24) is 0 Å². The largest absolute Gasteiger partial charge is 0.392 e. The molecule has 1 aliphatic carbocycles. The second-order valence-corrected chi connectivity index (χ2v) is 6.88. The van der Waals surface area contributed by atoms with Crippen LogP contribution >= 0.6 is 27.7 Å². The van der Waals surface area contributed by atoms with Crippen LogP contribution in [0.15, 0.2) is 28.7 Å². The molecule has 1 atom stereocenters. The molecule has 1 aliphatic rings. The SMILES string of the molecule is OC(CSC1CCCC1)Cc1ccccc1Br. The Kier molecular flexibility index (Phi) is 5.39. The highest BCUT2D eigenvalue weighted by molar-refractivity contribution is 9.10. The van der Waals surface area contributed by atoms with Crippen molar-refractivity contribution in [3.8, 4) is 0 Å². The molecule has 0 heterocycles. The van der Waals surface area contributed by atoms with Gasteiger partial charge in [0.1, 0.15) is 0 Å². The van der Waals surface area contributed by atoms with E-state index in [0.717, 1.165) is 21.9 Å². The van der Waals surface area contributed by atoms with Crippen molar-refractivity contribution in [2.24, 2.45) is 0 Å². The first-order valence-electron chi connectivity index (χ1n) is 6.29. The van der Waals surface area contributed by atoms with Crippen LogP contribution < -0.4 is 0 Å². The predicted octanol–water partition coefficient (Wildman–Crippen LogP) is 4.03. The van der Waals surface area contributed by atoms with Gasteiger partial charge in [-0.25, -0.2) is 0 Å². The molecule has 1 fully saturated rings. The highest BCUT2D eigenvalue weighted by atomic mass is 79.9. The lowest BCUT2D eigenvalue weighted by Gasteiger charge is -2.14. The first-order valence-corrected chi connectivity index (χ1v) is 8.13. The van der Waals surface area contributed by atoms with Crippen LogP contribution in [0.2, 0.25) is 0 Å². The summed E-state index contributed by atoms with van der Waals surface area (Å²) in [4.78, 5) is 0. The van der Waals surface area contributed by atoms with Gasteiger partial charge in [0.25, 0.3) is 0 Å². The highest BCUT2D eigenvalue weighted by Gasteiger charge is 2.17. The zero-order valence-electron chi connectivity index (χ0n) is 9.94. The maximum atomic E-state index is 10.0. The molecule has 94 valence electrons. The van der Waals surface area contributed by atoms with Gasteiger partial charge in [-0.3, -0.25) is 0 Å². The minimum atomic E-state index is -0.223. The van der Waals surface area contributed by atoms with Crippen LogP contribution in [-0.4, -0.2) is 22.2 Å². The molecule has 0 bridgehead atoms. The summed E-state index contributed by atoms with van der Waals surface area (Å²) in [6.45, 7) is 0. The van der Waals surface area contributed by atoms with Gasteiger partial charge in [0.15, 0.2) is 0 Å². The Hall–Kier alpha value is 0.01000. The van der Waals surface area contributed by atoms with Gasteiger partial charge >= 0.3 is 0 Å².